The molecule has 7 nitrogen and oxygen atoms in total. The highest BCUT2D eigenvalue weighted by atomic mass is 16.5. The highest BCUT2D eigenvalue weighted by molar-refractivity contribution is 5.95. The monoisotopic (exact) mass is 469 g/mol. The number of hydrogen-bond donors (Lipinski definition) is 0. The Morgan fingerprint density at radius 1 is 1.11 bits per heavy atom. The molecule has 2 atom stereocenters. The van der Waals surface area contributed by atoms with Crippen molar-refractivity contribution in [3.63, 3.8) is 0 Å². The van der Waals surface area contributed by atoms with E-state index in [0.717, 1.165) is 29.5 Å². The van der Waals surface area contributed by atoms with Crippen LogP contribution in [-0.4, -0.2) is 48.6 Å². The van der Waals surface area contributed by atoms with Crippen molar-refractivity contribution in [1.29, 1.82) is 5.26 Å². The minimum atomic E-state index is -0.509. The summed E-state index contributed by atoms with van der Waals surface area (Å²) < 4.78 is 10.2. The molecule has 4 rings (SSSR count). The van der Waals surface area contributed by atoms with Crippen molar-refractivity contribution >= 4 is 11.9 Å². The lowest BCUT2D eigenvalue weighted by Gasteiger charge is -2.30. The minimum Gasteiger partial charge on any atom is -0.481 e. The Morgan fingerprint density at radius 3 is 2.54 bits per heavy atom. The van der Waals surface area contributed by atoms with Crippen molar-refractivity contribution in [2.24, 2.45) is 5.92 Å². The van der Waals surface area contributed by atoms with Gasteiger partial charge in [-0.15, -0.1) is 0 Å². The predicted octanol–water partition coefficient (Wildman–Crippen LogP) is 4.27. The Bertz CT molecular complexity index is 1230. The van der Waals surface area contributed by atoms with Crippen LogP contribution in [0.4, 0.5) is 0 Å². The Hall–Kier alpha value is -4.18. The van der Waals surface area contributed by atoms with E-state index in [4.69, 9.17) is 9.47 Å². The first kappa shape index (κ1) is 24.0. The predicted molar refractivity (Wildman–Crippen MR) is 131 cm³/mol. The summed E-state index contributed by atoms with van der Waals surface area (Å²) in [6.07, 6.45) is 3.67. The third kappa shape index (κ3) is 5.33. The number of nitriles is 1. The number of amides is 1. The van der Waals surface area contributed by atoms with E-state index >= 15 is 0 Å². The maximum absolute atomic E-state index is 13.5. The van der Waals surface area contributed by atoms with Gasteiger partial charge >= 0.3 is 5.97 Å². The molecule has 35 heavy (non-hydrogen) atoms. The van der Waals surface area contributed by atoms with Crippen LogP contribution in [0.2, 0.25) is 0 Å². The van der Waals surface area contributed by atoms with Gasteiger partial charge in [-0.05, 0) is 60.7 Å². The zero-order valence-corrected chi connectivity index (χ0v) is 19.8. The molecular formula is C28H27N3O4. The fraction of sp³-hybridized carbons (Fsp3) is 0.286. The van der Waals surface area contributed by atoms with Gasteiger partial charge in [0.25, 0.3) is 5.91 Å². The second-order valence-corrected chi connectivity index (χ2v) is 8.52. The van der Waals surface area contributed by atoms with E-state index in [9.17, 15) is 14.9 Å². The molecule has 0 bridgehead atoms. The van der Waals surface area contributed by atoms with Crippen molar-refractivity contribution in [2.75, 3.05) is 20.8 Å². The molecule has 7 heteroatoms. The van der Waals surface area contributed by atoms with Crippen LogP contribution < -0.4 is 4.74 Å². The molecule has 2 aromatic carbocycles. The topological polar surface area (TPSA) is 92.5 Å². The first-order valence-electron chi connectivity index (χ1n) is 11.5. The summed E-state index contributed by atoms with van der Waals surface area (Å²) in [6.45, 7) is 0.583. The number of aromatic nitrogens is 1. The first-order chi connectivity index (χ1) is 17.0. The summed E-state index contributed by atoms with van der Waals surface area (Å²) in [7, 11) is 2.94. The van der Waals surface area contributed by atoms with Gasteiger partial charge in [-0.3, -0.25) is 9.59 Å². The SMILES string of the molecule is COC(=O)C(Cc1cccc(C#N)c1)[C@H]1CCCN1C(=O)c1ccc(-c2ccc(OC)nc2)cc1. The Balaban J connectivity index is 1.54. The van der Waals surface area contributed by atoms with Gasteiger partial charge in [0.1, 0.15) is 0 Å². The number of nitrogens with zero attached hydrogens (tertiary/aromatic N) is 3. The van der Waals surface area contributed by atoms with Crippen molar-refractivity contribution in [3.05, 3.63) is 83.6 Å². The van der Waals surface area contributed by atoms with E-state index in [0.29, 0.717) is 30.0 Å². The molecule has 1 unspecified atom stereocenters. The number of carbonyl (C=O) groups is 2. The molecule has 0 aliphatic carbocycles. The maximum Gasteiger partial charge on any atom is 0.311 e. The number of methoxy groups -OCH3 is 2. The molecular weight excluding hydrogens is 442 g/mol. The highest BCUT2D eigenvalue weighted by Crippen LogP contribution is 2.30. The molecule has 0 radical (unpaired) electrons. The lowest BCUT2D eigenvalue weighted by molar-refractivity contribution is -0.147. The number of esters is 1. The van der Waals surface area contributed by atoms with Gasteiger partial charge in [0, 0.05) is 36.0 Å². The highest BCUT2D eigenvalue weighted by Gasteiger charge is 2.39. The first-order valence-corrected chi connectivity index (χ1v) is 11.5. The van der Waals surface area contributed by atoms with Crippen LogP contribution in [0.15, 0.2) is 66.9 Å². The van der Waals surface area contributed by atoms with Crippen LogP contribution in [0.25, 0.3) is 11.1 Å². The van der Waals surface area contributed by atoms with Crippen LogP contribution in [0.1, 0.15) is 34.3 Å². The van der Waals surface area contributed by atoms with Crippen LogP contribution in [0, 0.1) is 17.2 Å². The fourth-order valence-electron chi connectivity index (χ4n) is 4.66. The van der Waals surface area contributed by atoms with E-state index in [-0.39, 0.29) is 17.9 Å². The molecule has 1 aliphatic heterocycles. The van der Waals surface area contributed by atoms with Crippen LogP contribution in [0.3, 0.4) is 0 Å². The zero-order valence-electron chi connectivity index (χ0n) is 19.8. The standard InChI is InChI=1S/C28H27N3O4/c1-34-26-13-12-23(18-30-26)21-8-10-22(11-9-21)27(32)31-14-4-7-25(31)24(28(33)35-2)16-19-5-3-6-20(15-19)17-29/h3,5-6,8-13,15,18,24-25H,4,7,14,16H2,1-2H3/t24?,25-/m1/s1. The van der Waals surface area contributed by atoms with E-state index in [2.05, 4.69) is 11.1 Å². The molecule has 1 saturated heterocycles. The molecule has 1 aromatic heterocycles. The summed E-state index contributed by atoms with van der Waals surface area (Å²) in [5, 5.41) is 9.22. The molecule has 0 N–H and O–H groups in total. The molecule has 2 heterocycles. The molecule has 3 aromatic rings. The van der Waals surface area contributed by atoms with Crippen molar-refractivity contribution < 1.29 is 19.1 Å². The summed E-state index contributed by atoms with van der Waals surface area (Å²) in [5.74, 6) is -0.420. The average Bonchev–Trinajstić information content (AvgIpc) is 3.40. The van der Waals surface area contributed by atoms with Crippen molar-refractivity contribution in [2.45, 2.75) is 25.3 Å². The van der Waals surface area contributed by atoms with Crippen LogP contribution in [-0.2, 0) is 16.0 Å². The van der Waals surface area contributed by atoms with Gasteiger partial charge in [-0.2, -0.15) is 5.26 Å². The molecule has 0 saturated carbocycles. The van der Waals surface area contributed by atoms with Crippen molar-refractivity contribution in [1.82, 2.24) is 9.88 Å². The summed E-state index contributed by atoms with van der Waals surface area (Å²) >= 11 is 0. The largest absolute Gasteiger partial charge is 0.481 e. The zero-order chi connectivity index (χ0) is 24.8. The number of benzene rings is 2. The fourth-order valence-corrected chi connectivity index (χ4v) is 4.66. The van der Waals surface area contributed by atoms with Gasteiger partial charge in [-0.1, -0.05) is 24.3 Å². The number of rotatable bonds is 7. The third-order valence-corrected chi connectivity index (χ3v) is 6.45. The second kappa shape index (κ2) is 10.8. The van der Waals surface area contributed by atoms with E-state index in [1.54, 1.807) is 54.6 Å². The third-order valence-electron chi connectivity index (χ3n) is 6.45. The molecule has 1 amide bonds. The van der Waals surface area contributed by atoms with E-state index in [1.807, 2.05) is 24.3 Å². The summed E-state index contributed by atoms with van der Waals surface area (Å²) in [4.78, 5) is 32.3. The van der Waals surface area contributed by atoms with Gasteiger partial charge in [0.2, 0.25) is 5.88 Å². The number of hydrogen-bond acceptors (Lipinski definition) is 6. The molecule has 1 fully saturated rings. The Morgan fingerprint density at radius 2 is 1.89 bits per heavy atom. The average molecular weight is 470 g/mol. The molecule has 1 aliphatic rings. The van der Waals surface area contributed by atoms with E-state index < -0.39 is 5.92 Å². The number of ether oxygens (including phenoxy) is 2. The van der Waals surface area contributed by atoms with Gasteiger partial charge < -0.3 is 14.4 Å². The quantitative estimate of drug-likeness (QED) is 0.480. The van der Waals surface area contributed by atoms with Crippen LogP contribution >= 0.6 is 0 Å². The Kier molecular flexibility index (Phi) is 7.41. The lowest BCUT2D eigenvalue weighted by Crippen LogP contribution is -2.44. The second-order valence-electron chi connectivity index (χ2n) is 8.52. The van der Waals surface area contributed by atoms with Gasteiger partial charge in [-0.25, -0.2) is 4.98 Å². The Labute approximate surface area is 204 Å². The maximum atomic E-state index is 13.5. The number of pyridine rings is 1. The van der Waals surface area contributed by atoms with E-state index in [1.165, 1.54) is 7.11 Å². The van der Waals surface area contributed by atoms with Gasteiger partial charge in [0.15, 0.2) is 0 Å². The molecule has 178 valence electrons. The van der Waals surface area contributed by atoms with Crippen LogP contribution in [0.5, 0.6) is 5.88 Å². The van der Waals surface area contributed by atoms with Gasteiger partial charge in [0.05, 0.1) is 31.8 Å². The summed E-state index contributed by atoms with van der Waals surface area (Å²) in [6, 6.07) is 20.2. The molecule has 0 spiro atoms. The minimum absolute atomic E-state index is 0.105. The smallest absolute Gasteiger partial charge is 0.311 e. The van der Waals surface area contributed by atoms with Crippen molar-refractivity contribution in [3.8, 4) is 23.1 Å². The number of carbonyl (C=O) groups excluding carboxylic acids is 2. The normalized spacial score (nSPS) is 15.8. The summed E-state index contributed by atoms with van der Waals surface area (Å²) in [5.41, 5.74) is 3.85. The number of likely N-dealkylation sites (tertiary alicyclic amines) is 1. The lowest BCUT2D eigenvalue weighted by atomic mass is 9.89.